The van der Waals surface area contributed by atoms with Gasteiger partial charge in [0.15, 0.2) is 12.2 Å². The van der Waals surface area contributed by atoms with E-state index in [9.17, 15) is 29.4 Å². The second-order valence-electron chi connectivity index (χ2n) is 5.04. The summed E-state index contributed by atoms with van der Waals surface area (Å²) < 4.78 is 8.76. The van der Waals surface area contributed by atoms with E-state index in [4.69, 9.17) is 0 Å². The molecule has 0 fully saturated rings. The van der Waals surface area contributed by atoms with Crippen LogP contribution in [0.1, 0.15) is 20.7 Å². The summed E-state index contributed by atoms with van der Waals surface area (Å²) in [4.78, 5) is 46.8. The van der Waals surface area contributed by atoms with Crippen molar-refractivity contribution >= 4 is 245 Å². The van der Waals surface area contributed by atoms with Crippen LogP contribution in [-0.2, 0) is 19.1 Å². The fourth-order valence-corrected chi connectivity index (χ4v) is 1.83. The number of benzene rings is 2. The molecule has 12 nitrogen and oxygen atoms in total. The van der Waals surface area contributed by atoms with Gasteiger partial charge in [-0.25, -0.2) is 19.2 Å². The van der Waals surface area contributed by atoms with E-state index in [-0.39, 0.29) is 254 Å². The molecule has 2 aromatic carbocycles. The predicted molar refractivity (Wildman–Crippen MR) is 143 cm³/mol. The van der Waals surface area contributed by atoms with Crippen LogP contribution in [0.15, 0.2) is 60.7 Å². The number of ether oxygens (including phenoxy) is 2. The van der Waals surface area contributed by atoms with Gasteiger partial charge in [-0.05, 0) is 24.3 Å². The maximum atomic E-state index is 11.7. The Morgan fingerprint density at radius 2 is 0.750 bits per heavy atom. The van der Waals surface area contributed by atoms with E-state index in [1.807, 2.05) is 0 Å². The van der Waals surface area contributed by atoms with E-state index in [2.05, 4.69) is 9.47 Å². The van der Waals surface area contributed by atoms with Gasteiger partial charge in [-0.3, -0.25) is 0 Å². The van der Waals surface area contributed by atoms with Crippen LogP contribution < -0.4 is 0 Å². The zero-order valence-electron chi connectivity index (χ0n) is 15.3. The molecule has 0 aliphatic carbocycles. The van der Waals surface area contributed by atoms with Crippen LogP contribution >= 0.6 is 0 Å². The van der Waals surface area contributed by atoms with Gasteiger partial charge in [0.05, 0.1) is 11.1 Å². The van der Waals surface area contributed by atoms with E-state index in [0.717, 1.165) is 0 Å². The molecule has 0 saturated heterocycles. The van der Waals surface area contributed by atoms with Crippen molar-refractivity contribution in [3.05, 3.63) is 71.8 Å². The SMILES string of the molecule is O.O.O.O.O=C(OC(=O)C(O)C(O)C(=O)OC(=O)c1ccccc1)c1ccccc1.[KH].[KH].[NaH].[NaH].[NaH].[NaH]. The third-order valence-corrected chi connectivity index (χ3v) is 3.19. The number of hydrogen-bond acceptors (Lipinski definition) is 8. The molecular formula is C18H28K2Na4O12. The minimum atomic E-state index is -2.40. The average Bonchev–Trinajstić information content (AvgIpc) is 2.67. The van der Waals surface area contributed by atoms with Crippen molar-refractivity contribution in [2.45, 2.75) is 12.2 Å². The van der Waals surface area contributed by atoms with Crippen molar-refractivity contribution in [3.63, 3.8) is 0 Å². The first-order chi connectivity index (χ1) is 12.4. The van der Waals surface area contributed by atoms with Crippen LogP contribution in [0.2, 0.25) is 0 Å². The first kappa shape index (κ1) is 63.1. The number of hydrogen-bond donors (Lipinski definition) is 2. The second-order valence-corrected chi connectivity index (χ2v) is 5.04. The van der Waals surface area contributed by atoms with Crippen LogP contribution in [0, 0.1) is 0 Å². The van der Waals surface area contributed by atoms with Gasteiger partial charge in [0.25, 0.3) is 0 Å². The summed E-state index contributed by atoms with van der Waals surface area (Å²) in [5.41, 5.74) is 0.0637. The van der Waals surface area contributed by atoms with Gasteiger partial charge < -0.3 is 41.6 Å². The summed E-state index contributed by atoms with van der Waals surface area (Å²) in [6, 6.07) is 14.8. The molecule has 0 aromatic heterocycles. The second kappa shape index (κ2) is 35.0. The molecule has 0 aliphatic rings. The molecule has 36 heavy (non-hydrogen) atoms. The first-order valence-electron chi connectivity index (χ1n) is 7.38. The van der Waals surface area contributed by atoms with Gasteiger partial charge in [0.2, 0.25) is 0 Å². The molecule has 2 unspecified atom stereocenters. The molecule has 0 amide bonds. The first-order valence-corrected chi connectivity index (χ1v) is 7.38. The Labute approximate surface area is 381 Å². The Balaban J connectivity index is -0.000000104. The van der Waals surface area contributed by atoms with E-state index in [0.29, 0.717) is 0 Å². The van der Waals surface area contributed by atoms with Gasteiger partial charge in [-0.2, -0.15) is 0 Å². The quantitative estimate of drug-likeness (QED) is 0.187. The number of rotatable bonds is 5. The fourth-order valence-electron chi connectivity index (χ4n) is 1.83. The Morgan fingerprint density at radius 1 is 0.528 bits per heavy atom. The van der Waals surface area contributed by atoms with Crippen LogP contribution in [0.3, 0.4) is 0 Å². The van der Waals surface area contributed by atoms with Crippen molar-refractivity contribution in [2.24, 2.45) is 0 Å². The summed E-state index contributed by atoms with van der Waals surface area (Å²) in [6.45, 7) is 0. The van der Waals surface area contributed by atoms with E-state index in [1.165, 1.54) is 48.5 Å². The number of esters is 4. The molecule has 2 rings (SSSR count). The monoisotopic (exact) mass is 606 g/mol. The summed E-state index contributed by atoms with van der Waals surface area (Å²) >= 11 is 0. The van der Waals surface area contributed by atoms with E-state index in [1.54, 1.807) is 12.1 Å². The minimum absolute atomic E-state index is 0. The number of carbonyl (C=O) groups excluding carboxylic acids is 4. The average molecular weight is 607 g/mol. The molecule has 178 valence electrons. The number of aliphatic hydroxyl groups excluding tert-OH is 2. The maximum absolute atomic E-state index is 11.7. The Kier molecular flexibility index (Phi) is 61.3. The normalized spacial score (nSPS) is 9.06. The Hall–Kier alpha value is 3.75. The molecule has 2 atom stereocenters. The van der Waals surface area contributed by atoms with Gasteiger partial charge in [0.1, 0.15) is 0 Å². The van der Waals surface area contributed by atoms with Crippen molar-refractivity contribution in [1.82, 2.24) is 0 Å². The zero-order valence-corrected chi connectivity index (χ0v) is 15.3. The van der Waals surface area contributed by atoms with Crippen LogP contribution in [0.5, 0.6) is 0 Å². The van der Waals surface area contributed by atoms with Crippen LogP contribution in [0.25, 0.3) is 0 Å². The number of aliphatic hydroxyl groups is 2. The predicted octanol–water partition coefficient (Wildman–Crippen LogP) is -6.71. The topological polar surface area (TPSA) is 253 Å². The van der Waals surface area contributed by atoms with E-state index >= 15 is 0 Å². The van der Waals surface area contributed by atoms with Gasteiger partial charge >= 0.3 is 245 Å². The van der Waals surface area contributed by atoms with Gasteiger partial charge in [-0.15, -0.1) is 0 Å². The van der Waals surface area contributed by atoms with Crippen molar-refractivity contribution in [2.75, 3.05) is 0 Å². The van der Waals surface area contributed by atoms with Crippen molar-refractivity contribution < 1.29 is 60.8 Å². The summed E-state index contributed by atoms with van der Waals surface area (Å²) in [7, 11) is 0. The van der Waals surface area contributed by atoms with Gasteiger partial charge in [-0.1, -0.05) is 36.4 Å². The summed E-state index contributed by atoms with van der Waals surface area (Å²) in [5.74, 6) is -5.27. The summed E-state index contributed by atoms with van der Waals surface area (Å²) in [6.07, 6.45) is -4.81. The Morgan fingerprint density at radius 3 is 0.972 bits per heavy atom. The molecule has 0 aliphatic heterocycles. The Bertz CT molecular complexity index is 766. The molecule has 0 spiro atoms. The third kappa shape index (κ3) is 22.4. The standard InChI is InChI=1S/C18H14O8.2K.4Na.4H2O.6H/c19-13(17(23)25-15(21)11-7-3-1-4-8-11)14(20)18(24)26-16(22)12-9-5-2-6-10-12;;;;;;;;;;;;;;;;/h1-10,13-14,19-20H;;;;;;;4*1H2;;;;;;. The van der Waals surface area contributed by atoms with Gasteiger partial charge in [0, 0.05) is 0 Å². The molecular weight excluding hydrogens is 578 g/mol. The molecule has 0 radical (unpaired) electrons. The molecule has 18 heteroatoms. The fraction of sp³-hybridized carbons (Fsp3) is 0.111. The van der Waals surface area contributed by atoms with Crippen LogP contribution in [0.4, 0.5) is 0 Å². The zero-order chi connectivity index (χ0) is 19.1. The molecule has 0 saturated carbocycles. The molecule has 0 heterocycles. The van der Waals surface area contributed by atoms with Crippen LogP contribution in [-0.4, -0.2) is 289 Å². The van der Waals surface area contributed by atoms with Crippen molar-refractivity contribution in [1.29, 1.82) is 0 Å². The van der Waals surface area contributed by atoms with Crippen molar-refractivity contribution in [3.8, 4) is 0 Å². The summed E-state index contributed by atoms with van der Waals surface area (Å²) in [5, 5.41) is 19.3. The molecule has 0 bridgehead atoms. The molecule has 2 aromatic rings. The van der Waals surface area contributed by atoms with E-state index < -0.39 is 36.1 Å². The molecule has 10 N–H and O–H groups in total. The number of carbonyl (C=O) groups is 4. The third-order valence-electron chi connectivity index (χ3n) is 3.19.